The Hall–Kier alpha value is -2.68. The van der Waals surface area contributed by atoms with Crippen LogP contribution in [0.1, 0.15) is 6.92 Å². The number of allylic oxidation sites excluding steroid dienone is 1. The Morgan fingerprint density at radius 1 is 0.425 bits per heavy atom. The van der Waals surface area contributed by atoms with Crippen LogP contribution in [-0.4, -0.2) is 76.7 Å². The molecule has 0 N–H and O–H groups in total. The molecule has 0 aliphatic heterocycles. The average molecular weight is 609 g/mol. The standard InChI is InChI=1S/2C6H6.C4H3F5.4C2H6O.CF4.CH3F/c2*1-2-4-6-5-3-1;1-2(3(5)6)4(7,8)9;4*1-3-2;2-1(3,4)5;1-2/h2*1-6H;1H3;4*1-2H3;;1H3. The van der Waals surface area contributed by atoms with E-state index in [9.17, 15) is 43.9 Å². The molecule has 0 heterocycles. The first-order valence-electron chi connectivity index (χ1n) is 10.3. The highest BCUT2D eigenvalue weighted by Gasteiger charge is 2.33. The van der Waals surface area contributed by atoms with Crippen molar-refractivity contribution in [1.29, 1.82) is 0 Å². The van der Waals surface area contributed by atoms with E-state index in [1.807, 2.05) is 72.8 Å². The molecular formula is C26H42F10O4. The molecule has 0 unspecified atom stereocenters. The Morgan fingerprint density at radius 3 is 0.550 bits per heavy atom. The Kier molecular flexibility index (Phi) is 61.8. The average Bonchev–Trinajstić information content (AvgIpc) is 2.88. The number of alkyl halides is 8. The summed E-state index contributed by atoms with van der Waals surface area (Å²) >= 11 is 0. The summed E-state index contributed by atoms with van der Waals surface area (Å²) in [5.41, 5.74) is -1.83. The Balaban J connectivity index is -0.0000000639. The van der Waals surface area contributed by atoms with Crippen LogP contribution in [-0.2, 0) is 18.9 Å². The summed E-state index contributed by atoms with van der Waals surface area (Å²) in [4.78, 5) is 0. The molecule has 0 aliphatic carbocycles. The number of rotatable bonds is 0. The molecule has 40 heavy (non-hydrogen) atoms. The summed E-state index contributed by atoms with van der Waals surface area (Å²) in [5.74, 6) is 0. The highest BCUT2D eigenvalue weighted by atomic mass is 19.5. The van der Waals surface area contributed by atoms with Gasteiger partial charge in [0.2, 0.25) is 0 Å². The van der Waals surface area contributed by atoms with Gasteiger partial charge < -0.3 is 18.9 Å². The van der Waals surface area contributed by atoms with E-state index in [0.29, 0.717) is 14.1 Å². The smallest absolute Gasteiger partial charge is 0.388 e. The van der Waals surface area contributed by atoms with Crippen molar-refractivity contribution in [2.45, 2.75) is 19.5 Å². The fourth-order valence-electron chi connectivity index (χ4n) is 0.877. The molecule has 0 saturated carbocycles. The van der Waals surface area contributed by atoms with Gasteiger partial charge in [0, 0.05) is 56.9 Å². The molecule has 0 spiro atoms. The fraction of sp³-hybridized carbons (Fsp3) is 0.462. The van der Waals surface area contributed by atoms with Gasteiger partial charge in [0.25, 0.3) is 6.08 Å². The van der Waals surface area contributed by atoms with Crippen molar-refractivity contribution in [2.75, 3.05) is 64.1 Å². The van der Waals surface area contributed by atoms with E-state index >= 15 is 0 Å². The number of halogens is 10. The van der Waals surface area contributed by atoms with E-state index in [1.54, 1.807) is 56.9 Å². The molecular weight excluding hydrogens is 566 g/mol. The summed E-state index contributed by atoms with van der Waals surface area (Å²) in [6.45, 7) is 0.329. The van der Waals surface area contributed by atoms with E-state index < -0.39 is 24.3 Å². The molecule has 0 bridgehead atoms. The van der Waals surface area contributed by atoms with E-state index in [2.05, 4.69) is 18.9 Å². The van der Waals surface area contributed by atoms with Crippen molar-refractivity contribution in [2.24, 2.45) is 0 Å². The van der Waals surface area contributed by atoms with Gasteiger partial charge in [-0.1, -0.05) is 72.8 Å². The van der Waals surface area contributed by atoms with Crippen molar-refractivity contribution in [3.63, 3.8) is 0 Å². The lowest BCUT2D eigenvalue weighted by Gasteiger charge is -2.02. The first-order chi connectivity index (χ1) is 18.5. The summed E-state index contributed by atoms with van der Waals surface area (Å²) in [6, 6.07) is 24.0. The highest BCUT2D eigenvalue weighted by molar-refractivity contribution is 5.05. The second-order valence-electron chi connectivity index (χ2n) is 5.75. The maximum atomic E-state index is 11.2. The molecule has 0 saturated heterocycles. The zero-order chi connectivity index (χ0) is 33.5. The van der Waals surface area contributed by atoms with E-state index in [-0.39, 0.29) is 0 Å². The van der Waals surface area contributed by atoms with E-state index in [1.165, 1.54) is 0 Å². The SMILES string of the molecule is CC(=C(F)F)C(F)(F)F.CF.COC.COC.COC.COC.FC(F)(F)F.c1ccccc1.c1ccccc1. The fourth-order valence-corrected chi connectivity index (χ4v) is 0.877. The van der Waals surface area contributed by atoms with Crippen molar-refractivity contribution < 1.29 is 62.9 Å². The summed E-state index contributed by atoms with van der Waals surface area (Å²) in [5, 5.41) is 0. The molecule has 0 amide bonds. The molecule has 2 aromatic carbocycles. The minimum atomic E-state index is -5.50. The highest BCUT2D eigenvalue weighted by Crippen LogP contribution is 2.28. The second-order valence-corrected chi connectivity index (χ2v) is 5.75. The van der Waals surface area contributed by atoms with Gasteiger partial charge in [-0.25, -0.2) is 0 Å². The molecule has 2 aromatic rings. The third kappa shape index (κ3) is 111. The summed E-state index contributed by atoms with van der Waals surface area (Å²) < 4.78 is 121. The molecule has 14 heteroatoms. The van der Waals surface area contributed by atoms with E-state index in [4.69, 9.17) is 0 Å². The molecule has 4 nitrogen and oxygen atoms in total. The Morgan fingerprint density at radius 2 is 0.525 bits per heavy atom. The van der Waals surface area contributed by atoms with Crippen molar-refractivity contribution in [3.8, 4) is 0 Å². The van der Waals surface area contributed by atoms with Gasteiger partial charge >= 0.3 is 12.6 Å². The lowest BCUT2D eigenvalue weighted by molar-refractivity contribution is -0.237. The lowest BCUT2D eigenvalue weighted by atomic mass is 10.3. The summed E-state index contributed by atoms with van der Waals surface area (Å²) in [6.07, 6.45) is -13.1. The second kappa shape index (κ2) is 46.2. The molecule has 240 valence electrons. The predicted molar refractivity (Wildman–Crippen MR) is 140 cm³/mol. The molecule has 0 aliphatic rings. The van der Waals surface area contributed by atoms with Crippen LogP contribution in [0.2, 0.25) is 0 Å². The number of benzene rings is 2. The van der Waals surface area contributed by atoms with Crippen molar-refractivity contribution in [1.82, 2.24) is 0 Å². The van der Waals surface area contributed by atoms with Crippen LogP contribution in [0.25, 0.3) is 0 Å². The third-order valence-corrected chi connectivity index (χ3v) is 2.04. The van der Waals surface area contributed by atoms with Crippen molar-refractivity contribution >= 4 is 0 Å². The molecule has 0 aromatic heterocycles. The van der Waals surface area contributed by atoms with Crippen LogP contribution in [0.3, 0.4) is 0 Å². The summed E-state index contributed by atoms with van der Waals surface area (Å²) in [7, 11) is 13.5. The molecule has 0 radical (unpaired) electrons. The van der Waals surface area contributed by atoms with Gasteiger partial charge in [-0.3, -0.25) is 4.39 Å². The third-order valence-electron chi connectivity index (χ3n) is 2.04. The lowest BCUT2D eigenvalue weighted by Crippen LogP contribution is -2.09. The first kappa shape index (κ1) is 53.6. The van der Waals surface area contributed by atoms with E-state index in [0.717, 1.165) is 0 Å². The topological polar surface area (TPSA) is 36.9 Å². The Bertz CT molecular complexity index is 553. The number of ether oxygens (including phenoxy) is 4. The van der Waals surface area contributed by atoms with Gasteiger partial charge in [-0.15, -0.1) is 17.6 Å². The zero-order valence-electron chi connectivity index (χ0n) is 24.3. The minimum Gasteiger partial charge on any atom is -0.388 e. The minimum absolute atomic E-state index is 0.329. The maximum absolute atomic E-state index is 11.2. The quantitative estimate of drug-likeness (QED) is 0.280. The normalized spacial score (nSPS) is 8.40. The van der Waals surface area contributed by atoms with Gasteiger partial charge in [0.15, 0.2) is 0 Å². The van der Waals surface area contributed by atoms with Gasteiger partial charge in [0.05, 0.1) is 12.8 Å². The van der Waals surface area contributed by atoms with Gasteiger partial charge in [0.1, 0.15) is 0 Å². The van der Waals surface area contributed by atoms with Gasteiger partial charge in [-0.05, 0) is 6.92 Å². The molecule has 0 fully saturated rings. The first-order valence-corrected chi connectivity index (χ1v) is 10.3. The van der Waals surface area contributed by atoms with Crippen LogP contribution >= 0.6 is 0 Å². The number of methoxy groups -OCH3 is 4. The maximum Gasteiger partial charge on any atom is 0.559 e. The predicted octanol–water partition coefficient (Wildman–Crippen LogP) is 9.20. The Labute approximate surface area is 231 Å². The molecule has 2 rings (SSSR count). The van der Waals surface area contributed by atoms with Crippen molar-refractivity contribution in [3.05, 3.63) is 84.5 Å². The van der Waals surface area contributed by atoms with Crippen LogP contribution in [0.4, 0.5) is 43.9 Å². The zero-order valence-corrected chi connectivity index (χ0v) is 24.3. The molecule has 0 atom stereocenters. The van der Waals surface area contributed by atoms with Crippen LogP contribution < -0.4 is 0 Å². The van der Waals surface area contributed by atoms with Crippen LogP contribution in [0, 0.1) is 0 Å². The van der Waals surface area contributed by atoms with Crippen LogP contribution in [0.5, 0.6) is 0 Å². The van der Waals surface area contributed by atoms with Crippen LogP contribution in [0.15, 0.2) is 84.5 Å². The number of hydrogen-bond acceptors (Lipinski definition) is 4. The largest absolute Gasteiger partial charge is 0.559 e. The monoisotopic (exact) mass is 608 g/mol. The number of hydrogen-bond donors (Lipinski definition) is 0. The van der Waals surface area contributed by atoms with Gasteiger partial charge in [-0.2, -0.15) is 22.0 Å².